The van der Waals surface area contributed by atoms with Gasteiger partial charge in [-0.05, 0) is 25.0 Å². The van der Waals surface area contributed by atoms with Crippen LogP contribution in [0.3, 0.4) is 0 Å². The van der Waals surface area contributed by atoms with Crippen LogP contribution in [0.1, 0.15) is 18.5 Å². The van der Waals surface area contributed by atoms with E-state index in [1.807, 2.05) is 31.3 Å². The van der Waals surface area contributed by atoms with Crippen molar-refractivity contribution in [3.63, 3.8) is 0 Å². The van der Waals surface area contributed by atoms with Crippen LogP contribution in [0, 0.1) is 5.41 Å². The predicted octanol–water partition coefficient (Wildman–Crippen LogP) is 1.48. The van der Waals surface area contributed by atoms with Gasteiger partial charge in [-0.2, -0.15) is 0 Å². The summed E-state index contributed by atoms with van der Waals surface area (Å²) in [5.41, 5.74) is 1.10. The zero-order chi connectivity index (χ0) is 16.4. The minimum absolute atomic E-state index is 0. The van der Waals surface area contributed by atoms with Crippen molar-refractivity contribution in [3.8, 4) is 0 Å². The van der Waals surface area contributed by atoms with Crippen LogP contribution in [0.2, 0.25) is 0 Å². The Morgan fingerprint density at radius 3 is 2.57 bits per heavy atom. The molecule has 0 saturated heterocycles. The fourth-order valence-electron chi connectivity index (χ4n) is 2.74. The van der Waals surface area contributed by atoms with Crippen LogP contribution in [0.4, 0.5) is 0 Å². The first-order chi connectivity index (χ1) is 10.2. The fraction of sp³-hybridized carbons (Fsp3) is 0.667. The van der Waals surface area contributed by atoms with Crippen molar-refractivity contribution in [2.45, 2.75) is 19.4 Å². The van der Waals surface area contributed by atoms with Crippen LogP contribution in [-0.4, -0.2) is 56.5 Å². The number of rotatable bonds is 6. The molecule has 1 saturated carbocycles. The minimum atomic E-state index is -2.94. The van der Waals surface area contributed by atoms with Crippen molar-refractivity contribution in [3.05, 3.63) is 24.0 Å². The smallest absolute Gasteiger partial charge is 0.193 e. The molecule has 0 amide bonds. The molecule has 8 heteroatoms. The van der Waals surface area contributed by atoms with Gasteiger partial charge in [0.05, 0.1) is 12.3 Å². The van der Waals surface area contributed by atoms with E-state index < -0.39 is 9.84 Å². The molecular weight excluding hydrogens is 427 g/mol. The second-order valence-corrected chi connectivity index (χ2v) is 8.58. The van der Waals surface area contributed by atoms with Gasteiger partial charge in [0.15, 0.2) is 5.96 Å². The van der Waals surface area contributed by atoms with Crippen molar-refractivity contribution in [1.82, 2.24) is 14.8 Å². The van der Waals surface area contributed by atoms with E-state index in [9.17, 15) is 8.42 Å². The molecule has 1 aromatic heterocycles. The zero-order valence-corrected chi connectivity index (χ0v) is 17.4. The number of aliphatic imine (C=N–C) groups is 1. The summed E-state index contributed by atoms with van der Waals surface area (Å²) in [4.78, 5) is 6.35. The molecule has 1 aromatic rings. The molecule has 0 aromatic carbocycles. The maximum absolute atomic E-state index is 11.5. The first kappa shape index (κ1) is 20.3. The Labute approximate surface area is 156 Å². The summed E-state index contributed by atoms with van der Waals surface area (Å²) in [5, 5.41) is 3.33. The lowest BCUT2D eigenvalue weighted by Gasteiger charge is -2.24. The quantitative estimate of drug-likeness (QED) is 0.402. The number of guanidine groups is 1. The monoisotopic (exact) mass is 454 g/mol. The van der Waals surface area contributed by atoms with Gasteiger partial charge in [0.2, 0.25) is 0 Å². The highest BCUT2D eigenvalue weighted by atomic mass is 127. The van der Waals surface area contributed by atoms with Crippen LogP contribution in [0.5, 0.6) is 0 Å². The van der Waals surface area contributed by atoms with Gasteiger partial charge < -0.3 is 14.8 Å². The van der Waals surface area contributed by atoms with Crippen LogP contribution < -0.4 is 5.32 Å². The van der Waals surface area contributed by atoms with E-state index in [0.717, 1.165) is 25.3 Å². The maximum Gasteiger partial charge on any atom is 0.193 e. The van der Waals surface area contributed by atoms with E-state index in [-0.39, 0.29) is 35.1 Å². The van der Waals surface area contributed by atoms with Crippen molar-refractivity contribution in [2.75, 3.05) is 32.6 Å². The van der Waals surface area contributed by atoms with Gasteiger partial charge in [-0.15, -0.1) is 24.0 Å². The Morgan fingerprint density at radius 2 is 2.13 bits per heavy atom. The number of halogens is 1. The molecule has 1 heterocycles. The van der Waals surface area contributed by atoms with Crippen molar-refractivity contribution in [1.29, 1.82) is 0 Å². The molecule has 0 radical (unpaired) electrons. The van der Waals surface area contributed by atoms with E-state index in [0.29, 0.717) is 6.54 Å². The van der Waals surface area contributed by atoms with Crippen LogP contribution in [-0.2, 0) is 23.4 Å². The lowest BCUT2D eigenvalue weighted by Crippen LogP contribution is -2.42. The third-order valence-electron chi connectivity index (χ3n) is 4.17. The first-order valence-corrected chi connectivity index (χ1v) is 9.50. The standard InChI is InChI=1S/C15H26N4O2S.HI/c1-16-14(19(3)10-13-6-5-9-18(13)2)17-11-15(7-8-15)12-22(4,20)21;/h5-6,9H,7-8,10-12H2,1-4H3,(H,16,17);1H. The highest BCUT2D eigenvalue weighted by Crippen LogP contribution is 2.46. The number of sulfone groups is 1. The molecule has 1 N–H and O–H groups in total. The molecule has 0 unspecified atom stereocenters. The summed E-state index contributed by atoms with van der Waals surface area (Å²) >= 11 is 0. The lowest BCUT2D eigenvalue weighted by molar-refractivity contribution is 0.446. The molecule has 1 aliphatic rings. The Morgan fingerprint density at radius 1 is 1.48 bits per heavy atom. The van der Waals surface area contributed by atoms with Crippen LogP contribution >= 0.6 is 24.0 Å². The lowest BCUT2D eigenvalue weighted by atomic mass is 10.1. The van der Waals surface area contributed by atoms with E-state index in [2.05, 4.69) is 20.9 Å². The average molecular weight is 454 g/mol. The molecule has 0 atom stereocenters. The molecule has 0 spiro atoms. The van der Waals surface area contributed by atoms with E-state index in [1.165, 1.54) is 11.9 Å². The molecule has 23 heavy (non-hydrogen) atoms. The van der Waals surface area contributed by atoms with Gasteiger partial charge in [-0.3, -0.25) is 4.99 Å². The Kier molecular flexibility index (Phi) is 6.94. The van der Waals surface area contributed by atoms with Gasteiger partial charge in [-0.25, -0.2) is 8.42 Å². The van der Waals surface area contributed by atoms with Crippen molar-refractivity contribution >= 4 is 39.8 Å². The third kappa shape index (κ3) is 5.98. The molecule has 0 bridgehead atoms. The minimum Gasteiger partial charge on any atom is -0.356 e. The summed E-state index contributed by atoms with van der Waals surface area (Å²) < 4.78 is 25.1. The summed E-state index contributed by atoms with van der Waals surface area (Å²) in [6, 6.07) is 4.10. The number of nitrogens with zero attached hydrogens (tertiary/aromatic N) is 3. The second kappa shape index (κ2) is 7.87. The summed E-state index contributed by atoms with van der Waals surface area (Å²) in [7, 11) is 2.82. The molecule has 6 nitrogen and oxygen atoms in total. The zero-order valence-electron chi connectivity index (χ0n) is 14.2. The topological polar surface area (TPSA) is 66.7 Å². The van der Waals surface area contributed by atoms with Gasteiger partial charge in [0.25, 0.3) is 0 Å². The Hall–Kier alpha value is -0.770. The SMILES string of the molecule is CN=C(NCC1(CS(C)(=O)=O)CC1)N(C)Cc1cccn1C.I. The largest absolute Gasteiger partial charge is 0.356 e. The molecule has 132 valence electrons. The number of nitrogens with one attached hydrogen (secondary N) is 1. The van der Waals surface area contributed by atoms with Crippen LogP contribution in [0.15, 0.2) is 23.3 Å². The number of aromatic nitrogens is 1. The Bertz CT molecular complexity index is 650. The molecule has 0 aliphatic heterocycles. The molecule has 2 rings (SSSR count). The van der Waals surface area contributed by atoms with Gasteiger partial charge in [-0.1, -0.05) is 0 Å². The predicted molar refractivity (Wildman–Crippen MR) is 105 cm³/mol. The number of aryl methyl sites for hydroxylation is 1. The van der Waals surface area contributed by atoms with Gasteiger partial charge in [0, 0.05) is 51.2 Å². The van der Waals surface area contributed by atoms with Gasteiger partial charge in [0.1, 0.15) is 9.84 Å². The summed E-state index contributed by atoms with van der Waals surface area (Å²) in [6.07, 6.45) is 5.26. The summed E-state index contributed by atoms with van der Waals surface area (Å²) in [6.45, 7) is 1.41. The number of hydrogen-bond acceptors (Lipinski definition) is 3. The molecular formula is C15H27IN4O2S. The maximum atomic E-state index is 11.5. The first-order valence-electron chi connectivity index (χ1n) is 7.44. The highest BCUT2D eigenvalue weighted by Gasteiger charge is 2.45. The highest BCUT2D eigenvalue weighted by molar-refractivity contribution is 14.0. The van der Waals surface area contributed by atoms with E-state index in [1.54, 1.807) is 7.05 Å². The molecule has 1 aliphatic carbocycles. The average Bonchev–Trinajstić information content (AvgIpc) is 3.03. The fourth-order valence-corrected chi connectivity index (χ4v) is 4.24. The van der Waals surface area contributed by atoms with Gasteiger partial charge >= 0.3 is 0 Å². The molecule has 1 fully saturated rings. The summed E-state index contributed by atoms with van der Waals surface area (Å²) in [5.74, 6) is 1.05. The van der Waals surface area contributed by atoms with Crippen molar-refractivity contribution < 1.29 is 8.42 Å². The Balaban J connectivity index is 0.00000264. The second-order valence-electron chi connectivity index (χ2n) is 6.44. The van der Waals surface area contributed by atoms with Crippen LogP contribution in [0.25, 0.3) is 0 Å². The van der Waals surface area contributed by atoms with E-state index in [4.69, 9.17) is 0 Å². The third-order valence-corrected chi connectivity index (χ3v) is 5.31. The van der Waals surface area contributed by atoms with E-state index >= 15 is 0 Å². The number of hydrogen-bond donors (Lipinski definition) is 1. The van der Waals surface area contributed by atoms with Crippen molar-refractivity contribution in [2.24, 2.45) is 17.5 Å². The normalized spacial score (nSPS) is 16.6.